The number of hydrogen-bond donors (Lipinski definition) is 2. The van der Waals surface area contributed by atoms with Gasteiger partial charge in [-0.05, 0) is 49.1 Å². The molecule has 3 aromatic rings. The number of rotatable bonds is 5. The van der Waals surface area contributed by atoms with Crippen molar-refractivity contribution in [1.29, 1.82) is 0 Å². The highest BCUT2D eigenvalue weighted by Crippen LogP contribution is 2.63. The molecule has 0 bridgehead atoms. The van der Waals surface area contributed by atoms with Crippen LogP contribution in [0.1, 0.15) is 30.7 Å². The second-order valence-corrected chi connectivity index (χ2v) is 11.7. The molecule has 0 radical (unpaired) electrons. The average Bonchev–Trinajstić information content (AvgIpc) is 3.24. The molecule has 0 aromatic carbocycles. The zero-order chi connectivity index (χ0) is 23.8. The Hall–Kier alpha value is -1.39. The van der Waals surface area contributed by atoms with E-state index in [2.05, 4.69) is 15.6 Å². The van der Waals surface area contributed by atoms with Crippen molar-refractivity contribution >= 4 is 100 Å². The minimum atomic E-state index is -0.200. The fourth-order valence-electron chi connectivity index (χ4n) is 5.56. The van der Waals surface area contributed by atoms with Gasteiger partial charge < -0.3 is 10.6 Å². The van der Waals surface area contributed by atoms with E-state index >= 15 is 0 Å². The van der Waals surface area contributed by atoms with E-state index in [9.17, 15) is 9.59 Å². The number of fused-ring (bicyclic) bond motifs is 2. The van der Waals surface area contributed by atoms with Gasteiger partial charge in [0.15, 0.2) is 0 Å². The SMILES string of the molecule is Cc1cc(Cl)nc(-c2ccnc3cc(CN4C(=O)C5C(C4=O)C5(C)C)sc23)c1NC1CCNC1.Cl.Cl.Cl.Cl. The van der Waals surface area contributed by atoms with Crippen molar-refractivity contribution in [3.8, 4) is 11.3 Å². The number of hydrogen-bond acceptors (Lipinski definition) is 7. The minimum Gasteiger partial charge on any atom is -0.379 e. The summed E-state index contributed by atoms with van der Waals surface area (Å²) in [5.41, 5.74) is 4.40. The first-order valence-electron chi connectivity index (χ1n) is 11.6. The van der Waals surface area contributed by atoms with Crippen LogP contribution in [0, 0.1) is 24.2 Å². The van der Waals surface area contributed by atoms with Crippen molar-refractivity contribution in [2.45, 2.75) is 39.8 Å². The maximum atomic E-state index is 12.8. The van der Waals surface area contributed by atoms with Crippen LogP contribution in [0.15, 0.2) is 24.4 Å². The highest BCUT2D eigenvalue weighted by atomic mass is 35.5. The Morgan fingerprint density at radius 2 is 1.84 bits per heavy atom. The third-order valence-electron chi connectivity index (χ3n) is 7.52. The normalized spacial score (nSPS) is 22.6. The number of piperidine rings is 1. The minimum absolute atomic E-state index is 0. The monoisotopic (exact) mass is 639 g/mol. The van der Waals surface area contributed by atoms with Crippen molar-refractivity contribution in [1.82, 2.24) is 20.2 Å². The van der Waals surface area contributed by atoms with Gasteiger partial charge in [-0.25, -0.2) is 4.98 Å². The number of carbonyl (C=O) groups excluding carboxylic acids is 2. The molecule has 3 unspecified atom stereocenters. The van der Waals surface area contributed by atoms with E-state index in [-0.39, 0.29) is 78.7 Å². The highest BCUT2D eigenvalue weighted by Gasteiger charge is 2.72. The first kappa shape index (κ1) is 32.8. The van der Waals surface area contributed by atoms with Crippen molar-refractivity contribution in [2.75, 3.05) is 18.4 Å². The summed E-state index contributed by atoms with van der Waals surface area (Å²) >= 11 is 7.94. The largest absolute Gasteiger partial charge is 0.379 e. The molecule has 13 heteroatoms. The number of carbonyl (C=O) groups is 2. The van der Waals surface area contributed by atoms with Crippen LogP contribution in [-0.4, -0.2) is 45.8 Å². The maximum absolute atomic E-state index is 12.8. The first-order chi connectivity index (χ1) is 16.3. The lowest BCUT2D eigenvalue weighted by atomic mass is 10.1. The molecule has 6 rings (SSSR count). The van der Waals surface area contributed by atoms with Crippen LogP contribution < -0.4 is 10.6 Å². The van der Waals surface area contributed by atoms with Crippen molar-refractivity contribution in [3.63, 3.8) is 0 Å². The Morgan fingerprint density at radius 3 is 2.47 bits per heavy atom. The molecule has 2 saturated heterocycles. The summed E-state index contributed by atoms with van der Waals surface area (Å²) in [7, 11) is 0. The Morgan fingerprint density at radius 1 is 1.16 bits per heavy atom. The lowest BCUT2D eigenvalue weighted by molar-refractivity contribution is -0.143. The number of nitrogens with one attached hydrogen (secondary N) is 2. The Balaban J connectivity index is 0.00000127. The summed E-state index contributed by atoms with van der Waals surface area (Å²) in [6.07, 6.45) is 2.82. The van der Waals surface area contributed by atoms with E-state index in [0.29, 0.717) is 17.7 Å². The Labute approximate surface area is 255 Å². The van der Waals surface area contributed by atoms with Crippen molar-refractivity contribution in [3.05, 3.63) is 40.0 Å². The van der Waals surface area contributed by atoms with Crippen molar-refractivity contribution in [2.24, 2.45) is 17.3 Å². The molecule has 2 aliphatic heterocycles. The quantitative estimate of drug-likeness (QED) is 0.266. The predicted octanol–water partition coefficient (Wildman–Crippen LogP) is 5.92. The highest BCUT2D eigenvalue weighted by molar-refractivity contribution is 7.19. The van der Waals surface area contributed by atoms with Gasteiger partial charge in [0.05, 0.1) is 40.0 Å². The molecule has 3 aromatic heterocycles. The fraction of sp³-hybridized carbons (Fsp3) is 0.440. The molecule has 2 amide bonds. The number of thiophene rings is 1. The summed E-state index contributed by atoms with van der Waals surface area (Å²) in [5.74, 6) is -0.426. The average molecular weight is 642 g/mol. The van der Waals surface area contributed by atoms with E-state index in [0.717, 1.165) is 57.1 Å². The van der Waals surface area contributed by atoms with Gasteiger partial charge >= 0.3 is 0 Å². The van der Waals surface area contributed by atoms with Crippen LogP contribution in [-0.2, 0) is 16.1 Å². The zero-order valence-corrected chi connectivity index (χ0v) is 25.8. The van der Waals surface area contributed by atoms with E-state index in [1.165, 1.54) is 4.90 Å². The van der Waals surface area contributed by atoms with Gasteiger partial charge in [0.1, 0.15) is 5.15 Å². The topological polar surface area (TPSA) is 87.2 Å². The molecule has 208 valence electrons. The van der Waals surface area contributed by atoms with Gasteiger partial charge in [0.2, 0.25) is 11.8 Å². The molecule has 7 nitrogen and oxygen atoms in total. The number of halogens is 5. The van der Waals surface area contributed by atoms with E-state index in [1.54, 1.807) is 17.5 Å². The van der Waals surface area contributed by atoms with Gasteiger partial charge in [-0.2, -0.15) is 0 Å². The summed E-state index contributed by atoms with van der Waals surface area (Å²) in [6, 6.07) is 6.15. The fourth-order valence-corrected chi connectivity index (χ4v) is 6.92. The van der Waals surface area contributed by atoms with Gasteiger partial charge in [-0.15, -0.1) is 61.0 Å². The molecule has 3 atom stereocenters. The number of aromatic nitrogens is 2. The van der Waals surface area contributed by atoms with Crippen molar-refractivity contribution < 1.29 is 9.59 Å². The molecule has 3 fully saturated rings. The molecule has 3 aliphatic rings. The third kappa shape index (κ3) is 5.33. The summed E-state index contributed by atoms with van der Waals surface area (Å²) < 4.78 is 0.976. The molecule has 5 heterocycles. The van der Waals surface area contributed by atoms with Gasteiger partial charge in [0.25, 0.3) is 0 Å². The molecular formula is C25H30Cl5N5O2S. The number of imide groups is 1. The van der Waals surface area contributed by atoms with E-state index in [4.69, 9.17) is 16.6 Å². The standard InChI is InChI=1S/C25H26ClN5O2S.4ClH/c1-12-8-17(26)30-21(20(12)29-13-4-6-27-10-13)15-5-7-28-16-9-14(34-22(15)16)11-31-23(32)18-19(24(31)33)25(18,2)3;;;;/h5,7-9,13,18-19,27,29H,4,6,10-11H2,1-3H3;4*1H. The second kappa shape index (κ2) is 12.0. The molecule has 1 saturated carbocycles. The Kier molecular flexibility index (Phi) is 10.4. The van der Waals surface area contributed by atoms with Crippen LogP contribution in [0.25, 0.3) is 21.5 Å². The lowest BCUT2D eigenvalue weighted by Gasteiger charge is -2.19. The van der Waals surface area contributed by atoms with Gasteiger partial charge in [-0.1, -0.05) is 25.4 Å². The van der Waals surface area contributed by atoms with Crippen LogP contribution in [0.2, 0.25) is 5.15 Å². The number of amides is 2. The van der Waals surface area contributed by atoms with E-state index < -0.39 is 0 Å². The Bertz CT molecular complexity index is 1340. The predicted molar refractivity (Wildman–Crippen MR) is 163 cm³/mol. The summed E-state index contributed by atoms with van der Waals surface area (Å²) in [5, 5.41) is 7.50. The summed E-state index contributed by atoms with van der Waals surface area (Å²) in [6.45, 7) is 8.23. The number of likely N-dealkylation sites (tertiary alicyclic amines) is 1. The molecule has 2 N–H and O–H groups in total. The van der Waals surface area contributed by atoms with Gasteiger partial charge in [-0.3, -0.25) is 19.5 Å². The molecule has 38 heavy (non-hydrogen) atoms. The van der Waals surface area contributed by atoms with E-state index in [1.807, 2.05) is 39.0 Å². The molecule has 1 aliphatic carbocycles. The number of nitrogens with zero attached hydrogens (tertiary/aromatic N) is 3. The second-order valence-electron chi connectivity index (χ2n) is 10.1. The number of aryl methyl sites for hydroxylation is 1. The summed E-state index contributed by atoms with van der Waals surface area (Å²) in [4.78, 5) is 37.3. The van der Waals surface area contributed by atoms with Crippen LogP contribution in [0.3, 0.4) is 0 Å². The zero-order valence-electron chi connectivity index (χ0n) is 20.9. The van der Waals surface area contributed by atoms with Gasteiger partial charge in [0, 0.05) is 29.2 Å². The first-order valence-corrected chi connectivity index (χ1v) is 12.8. The number of anilines is 1. The lowest BCUT2D eigenvalue weighted by Crippen LogP contribution is -2.35. The third-order valence-corrected chi connectivity index (χ3v) is 8.85. The van der Waals surface area contributed by atoms with Crippen LogP contribution in [0.4, 0.5) is 5.69 Å². The van der Waals surface area contributed by atoms with Crippen LogP contribution >= 0.6 is 72.6 Å². The maximum Gasteiger partial charge on any atom is 0.234 e. The number of pyridine rings is 2. The molecular weight excluding hydrogens is 612 g/mol. The smallest absolute Gasteiger partial charge is 0.234 e. The van der Waals surface area contributed by atoms with Crippen LogP contribution in [0.5, 0.6) is 0 Å². The molecule has 0 spiro atoms.